The maximum atomic E-state index is 11.9. The number of carbonyl (C=O) groups excluding carboxylic acids is 2. The molecule has 1 heterocycles. The van der Waals surface area contributed by atoms with Crippen molar-refractivity contribution in [3.8, 4) is 0 Å². The Labute approximate surface area is 114 Å². The molecule has 0 bridgehead atoms. The predicted octanol–water partition coefficient (Wildman–Crippen LogP) is -0.145. The van der Waals surface area contributed by atoms with E-state index in [0.717, 1.165) is 25.9 Å². The number of likely N-dealkylation sites (N-methyl/N-ethyl adjacent to an activating group) is 1. The smallest absolute Gasteiger partial charge is 0.308 e. The molecule has 1 saturated heterocycles. The molecule has 0 saturated carbocycles. The van der Waals surface area contributed by atoms with Crippen molar-refractivity contribution in [2.24, 2.45) is 0 Å². The van der Waals surface area contributed by atoms with Crippen molar-refractivity contribution in [3.05, 3.63) is 0 Å². The fourth-order valence-corrected chi connectivity index (χ4v) is 2.20. The van der Waals surface area contributed by atoms with Gasteiger partial charge in [-0.05, 0) is 26.8 Å². The van der Waals surface area contributed by atoms with Crippen molar-refractivity contribution in [2.75, 3.05) is 39.8 Å². The van der Waals surface area contributed by atoms with Crippen LogP contribution in [-0.4, -0.2) is 72.7 Å². The highest BCUT2D eigenvalue weighted by Gasteiger charge is 2.20. The molecule has 6 heteroatoms. The van der Waals surface area contributed by atoms with Crippen LogP contribution in [0, 0.1) is 0 Å². The molecular formula is C13H24N2O4. The summed E-state index contributed by atoms with van der Waals surface area (Å²) in [5.41, 5.74) is 0. The molecule has 6 nitrogen and oxygen atoms in total. The van der Waals surface area contributed by atoms with Gasteiger partial charge >= 0.3 is 5.97 Å². The summed E-state index contributed by atoms with van der Waals surface area (Å²) in [5, 5.41) is 9.73. The highest BCUT2D eigenvalue weighted by molar-refractivity contribution is 5.78. The van der Waals surface area contributed by atoms with Crippen molar-refractivity contribution < 1.29 is 19.4 Å². The monoisotopic (exact) mass is 272 g/mol. The minimum atomic E-state index is -0.796. The Kier molecular flexibility index (Phi) is 6.80. The standard InChI is InChI=1S/C13H24N2O4/c1-3-19-13(18)8-11(16)9-14(2)10-12(17)15-6-4-5-7-15/h11,16H,3-10H2,1-2H3. The number of hydrogen-bond acceptors (Lipinski definition) is 5. The summed E-state index contributed by atoms with van der Waals surface area (Å²) in [4.78, 5) is 26.6. The molecule has 1 aliphatic rings. The maximum Gasteiger partial charge on any atom is 0.308 e. The van der Waals surface area contributed by atoms with E-state index >= 15 is 0 Å². The van der Waals surface area contributed by atoms with Gasteiger partial charge in [0.15, 0.2) is 0 Å². The first-order valence-electron chi connectivity index (χ1n) is 6.83. The summed E-state index contributed by atoms with van der Waals surface area (Å²) in [6.07, 6.45) is 1.31. The average molecular weight is 272 g/mol. The normalized spacial score (nSPS) is 16.7. The van der Waals surface area contributed by atoms with Crippen molar-refractivity contribution in [3.63, 3.8) is 0 Å². The van der Waals surface area contributed by atoms with E-state index in [2.05, 4.69) is 0 Å². The Bertz CT molecular complexity index is 303. The fourth-order valence-electron chi connectivity index (χ4n) is 2.20. The van der Waals surface area contributed by atoms with Crippen LogP contribution >= 0.6 is 0 Å². The SMILES string of the molecule is CCOC(=O)CC(O)CN(C)CC(=O)N1CCCC1. The number of amides is 1. The molecule has 1 amide bonds. The van der Waals surface area contributed by atoms with Gasteiger partial charge in [-0.2, -0.15) is 0 Å². The Morgan fingerprint density at radius 3 is 2.58 bits per heavy atom. The number of rotatable bonds is 7. The van der Waals surface area contributed by atoms with Crippen LogP contribution in [0.15, 0.2) is 0 Å². The summed E-state index contributed by atoms with van der Waals surface area (Å²) >= 11 is 0. The van der Waals surface area contributed by atoms with Gasteiger partial charge in [0.1, 0.15) is 0 Å². The molecule has 110 valence electrons. The first-order valence-corrected chi connectivity index (χ1v) is 6.83. The van der Waals surface area contributed by atoms with Gasteiger partial charge in [-0.1, -0.05) is 0 Å². The molecule has 0 aliphatic carbocycles. The average Bonchev–Trinajstić information content (AvgIpc) is 2.81. The lowest BCUT2D eigenvalue weighted by Crippen LogP contribution is -2.40. The quantitative estimate of drug-likeness (QED) is 0.653. The van der Waals surface area contributed by atoms with Crippen molar-refractivity contribution in [1.82, 2.24) is 9.80 Å². The van der Waals surface area contributed by atoms with Gasteiger partial charge in [0.05, 0.1) is 25.7 Å². The first kappa shape index (κ1) is 15.9. The van der Waals surface area contributed by atoms with Crippen molar-refractivity contribution in [2.45, 2.75) is 32.3 Å². The number of ether oxygens (including phenoxy) is 1. The molecule has 1 atom stereocenters. The zero-order chi connectivity index (χ0) is 14.3. The van der Waals surface area contributed by atoms with Gasteiger partial charge in [-0.3, -0.25) is 14.5 Å². The van der Waals surface area contributed by atoms with E-state index in [0.29, 0.717) is 13.2 Å². The second kappa shape index (κ2) is 8.12. The molecule has 19 heavy (non-hydrogen) atoms. The maximum absolute atomic E-state index is 11.9. The zero-order valence-corrected chi connectivity index (χ0v) is 11.8. The lowest BCUT2D eigenvalue weighted by Gasteiger charge is -2.22. The summed E-state index contributed by atoms with van der Waals surface area (Å²) in [5.74, 6) is -0.322. The number of nitrogens with zero attached hydrogens (tertiary/aromatic N) is 2. The van der Waals surface area contributed by atoms with Gasteiger partial charge < -0.3 is 14.7 Å². The zero-order valence-electron chi connectivity index (χ0n) is 11.8. The molecule has 0 aromatic rings. The first-order chi connectivity index (χ1) is 9.02. The van der Waals surface area contributed by atoms with E-state index in [4.69, 9.17) is 4.74 Å². The van der Waals surface area contributed by atoms with E-state index in [-0.39, 0.29) is 18.9 Å². The molecule has 1 unspecified atom stereocenters. The van der Waals surface area contributed by atoms with Crippen LogP contribution in [0.4, 0.5) is 0 Å². The fraction of sp³-hybridized carbons (Fsp3) is 0.846. The Morgan fingerprint density at radius 1 is 1.37 bits per heavy atom. The lowest BCUT2D eigenvalue weighted by molar-refractivity contribution is -0.145. The third-order valence-corrected chi connectivity index (χ3v) is 3.09. The van der Waals surface area contributed by atoms with Crippen LogP contribution in [-0.2, 0) is 14.3 Å². The van der Waals surface area contributed by atoms with Crippen LogP contribution in [0.5, 0.6) is 0 Å². The summed E-state index contributed by atoms with van der Waals surface area (Å²) in [7, 11) is 1.77. The van der Waals surface area contributed by atoms with Gasteiger partial charge in [0.2, 0.25) is 5.91 Å². The molecule has 0 radical (unpaired) electrons. The molecule has 0 spiro atoms. The van der Waals surface area contributed by atoms with Crippen LogP contribution in [0.25, 0.3) is 0 Å². The molecule has 1 aliphatic heterocycles. The summed E-state index contributed by atoms with van der Waals surface area (Å²) in [6.45, 7) is 4.27. The predicted molar refractivity (Wildman–Crippen MR) is 70.6 cm³/mol. The van der Waals surface area contributed by atoms with Crippen LogP contribution < -0.4 is 0 Å². The third kappa shape index (κ3) is 6.02. The number of esters is 1. The molecule has 1 N–H and O–H groups in total. The van der Waals surface area contributed by atoms with Crippen LogP contribution in [0.1, 0.15) is 26.2 Å². The lowest BCUT2D eigenvalue weighted by atomic mass is 10.2. The van der Waals surface area contributed by atoms with Gasteiger partial charge in [0.25, 0.3) is 0 Å². The van der Waals surface area contributed by atoms with E-state index < -0.39 is 12.1 Å². The van der Waals surface area contributed by atoms with E-state index in [9.17, 15) is 14.7 Å². The van der Waals surface area contributed by atoms with Crippen LogP contribution in [0.2, 0.25) is 0 Å². The molecular weight excluding hydrogens is 248 g/mol. The minimum absolute atomic E-state index is 0.0317. The van der Waals surface area contributed by atoms with Crippen molar-refractivity contribution >= 4 is 11.9 Å². The molecule has 0 aromatic carbocycles. The Morgan fingerprint density at radius 2 is 2.00 bits per heavy atom. The van der Waals surface area contributed by atoms with E-state index in [1.807, 2.05) is 4.90 Å². The minimum Gasteiger partial charge on any atom is -0.466 e. The third-order valence-electron chi connectivity index (χ3n) is 3.09. The Balaban J connectivity index is 2.23. The topological polar surface area (TPSA) is 70.1 Å². The largest absolute Gasteiger partial charge is 0.466 e. The molecule has 1 fully saturated rings. The van der Waals surface area contributed by atoms with E-state index in [1.54, 1.807) is 18.9 Å². The second-order valence-electron chi connectivity index (χ2n) is 4.95. The summed E-state index contributed by atoms with van der Waals surface area (Å²) in [6, 6.07) is 0. The number of carbonyl (C=O) groups is 2. The number of likely N-dealkylation sites (tertiary alicyclic amines) is 1. The number of aliphatic hydroxyl groups excluding tert-OH is 1. The van der Waals surface area contributed by atoms with Crippen molar-refractivity contribution in [1.29, 1.82) is 0 Å². The van der Waals surface area contributed by atoms with Gasteiger partial charge in [-0.15, -0.1) is 0 Å². The van der Waals surface area contributed by atoms with Gasteiger partial charge in [-0.25, -0.2) is 0 Å². The highest BCUT2D eigenvalue weighted by atomic mass is 16.5. The molecule has 1 rings (SSSR count). The van der Waals surface area contributed by atoms with Gasteiger partial charge in [0, 0.05) is 19.6 Å². The van der Waals surface area contributed by atoms with Crippen LogP contribution in [0.3, 0.4) is 0 Å². The Hall–Kier alpha value is -1.14. The highest BCUT2D eigenvalue weighted by Crippen LogP contribution is 2.08. The molecule has 0 aromatic heterocycles. The number of aliphatic hydroxyl groups is 1. The summed E-state index contributed by atoms with van der Waals surface area (Å²) < 4.78 is 4.76. The second-order valence-corrected chi connectivity index (χ2v) is 4.95. The number of hydrogen-bond donors (Lipinski definition) is 1. The van der Waals surface area contributed by atoms with E-state index in [1.165, 1.54) is 0 Å².